The first-order valence-electron chi connectivity index (χ1n) is 9.70. The molecule has 1 N–H and O–H groups in total. The number of pyridine rings is 1. The summed E-state index contributed by atoms with van der Waals surface area (Å²) in [6.45, 7) is 1.83. The van der Waals surface area contributed by atoms with E-state index in [0.717, 1.165) is 11.1 Å². The maximum atomic E-state index is 12.2. The molecule has 0 aliphatic rings. The van der Waals surface area contributed by atoms with Crippen molar-refractivity contribution in [3.8, 4) is 17.0 Å². The third-order valence-electron chi connectivity index (χ3n) is 4.84. The Balaban J connectivity index is 1.37. The molecule has 0 aliphatic heterocycles. The summed E-state index contributed by atoms with van der Waals surface area (Å²) in [5, 5.41) is 13.8. The number of nitrogens with one attached hydrogen (secondary N) is 1. The fourth-order valence-electron chi connectivity index (χ4n) is 3.21. The summed E-state index contributed by atoms with van der Waals surface area (Å²) in [5.74, 6) is 0.355. The van der Waals surface area contributed by atoms with Crippen molar-refractivity contribution in [3.05, 3.63) is 94.8 Å². The minimum Gasteiger partial charge on any atom is -0.484 e. The van der Waals surface area contributed by atoms with Crippen LogP contribution in [0.3, 0.4) is 0 Å². The van der Waals surface area contributed by atoms with E-state index in [1.807, 2.05) is 49.4 Å². The molecule has 4 rings (SSSR count). The molecule has 0 saturated heterocycles. The van der Waals surface area contributed by atoms with Crippen LogP contribution >= 0.6 is 0 Å². The highest BCUT2D eigenvalue weighted by Gasteiger charge is 2.11. The summed E-state index contributed by atoms with van der Waals surface area (Å²) in [6, 6.07) is 19.8. The molecule has 1 unspecified atom stereocenters. The fourth-order valence-corrected chi connectivity index (χ4v) is 3.21. The first kappa shape index (κ1) is 20.1. The van der Waals surface area contributed by atoms with E-state index in [2.05, 4.69) is 10.3 Å². The summed E-state index contributed by atoms with van der Waals surface area (Å²) in [7, 11) is 0. The monoisotopic (exact) mass is 416 g/mol. The third-order valence-corrected chi connectivity index (χ3v) is 4.84. The van der Waals surface area contributed by atoms with Gasteiger partial charge in [0.2, 0.25) is 0 Å². The SMILES string of the molecule is CC(NC(=O)COc1ccc(-c2cn3cc([N+](=O)[O-])ccc3n2)cc1)c1ccccc1. The van der Waals surface area contributed by atoms with Crippen molar-refractivity contribution in [2.45, 2.75) is 13.0 Å². The minimum absolute atomic E-state index is 0.0000530. The standard InChI is InChI=1S/C23H20N4O4/c1-16(17-5-3-2-4-6-17)24-23(28)15-31-20-10-7-18(8-11-20)21-14-26-13-19(27(29)30)9-12-22(26)25-21/h2-14,16H,15H2,1H3,(H,24,28). The van der Waals surface area contributed by atoms with E-state index in [1.165, 1.54) is 12.3 Å². The van der Waals surface area contributed by atoms with Crippen LogP contribution in [0.15, 0.2) is 79.1 Å². The molecule has 8 heteroatoms. The zero-order valence-electron chi connectivity index (χ0n) is 16.8. The zero-order chi connectivity index (χ0) is 21.8. The topological polar surface area (TPSA) is 98.8 Å². The second kappa shape index (κ2) is 8.66. The van der Waals surface area contributed by atoms with Crippen LogP contribution in [0.2, 0.25) is 0 Å². The van der Waals surface area contributed by atoms with Crippen molar-refractivity contribution >= 4 is 17.2 Å². The van der Waals surface area contributed by atoms with E-state index in [1.54, 1.807) is 28.8 Å². The van der Waals surface area contributed by atoms with Crippen LogP contribution in [-0.2, 0) is 4.79 Å². The lowest BCUT2D eigenvalue weighted by atomic mass is 10.1. The molecule has 0 aliphatic carbocycles. The second-order valence-electron chi connectivity index (χ2n) is 7.05. The molecular weight excluding hydrogens is 396 g/mol. The van der Waals surface area contributed by atoms with Crippen LogP contribution in [-0.4, -0.2) is 26.8 Å². The number of fused-ring (bicyclic) bond motifs is 1. The van der Waals surface area contributed by atoms with E-state index in [0.29, 0.717) is 17.1 Å². The van der Waals surface area contributed by atoms with E-state index < -0.39 is 4.92 Å². The van der Waals surface area contributed by atoms with E-state index >= 15 is 0 Å². The fraction of sp³-hybridized carbons (Fsp3) is 0.130. The summed E-state index contributed by atoms with van der Waals surface area (Å²) in [5.41, 5.74) is 3.16. The van der Waals surface area contributed by atoms with Crippen LogP contribution in [0.1, 0.15) is 18.5 Å². The van der Waals surface area contributed by atoms with Gasteiger partial charge in [-0.25, -0.2) is 4.98 Å². The lowest BCUT2D eigenvalue weighted by Gasteiger charge is -2.14. The highest BCUT2D eigenvalue weighted by atomic mass is 16.6. The molecule has 1 atom stereocenters. The number of rotatable bonds is 7. The van der Waals surface area contributed by atoms with Gasteiger partial charge in [-0.1, -0.05) is 30.3 Å². The number of carbonyl (C=O) groups excluding carboxylic acids is 1. The molecule has 156 valence electrons. The minimum atomic E-state index is -0.442. The largest absolute Gasteiger partial charge is 0.484 e. The average Bonchev–Trinajstić information content (AvgIpc) is 3.22. The summed E-state index contributed by atoms with van der Waals surface area (Å²) >= 11 is 0. The van der Waals surface area contributed by atoms with E-state index in [-0.39, 0.29) is 24.2 Å². The van der Waals surface area contributed by atoms with Gasteiger partial charge >= 0.3 is 0 Å². The Hall–Kier alpha value is -4.20. The summed E-state index contributed by atoms with van der Waals surface area (Å²) in [4.78, 5) is 27.1. The molecular formula is C23H20N4O4. The van der Waals surface area contributed by atoms with Crippen molar-refractivity contribution in [3.63, 3.8) is 0 Å². The lowest BCUT2D eigenvalue weighted by molar-refractivity contribution is -0.385. The number of ether oxygens (including phenoxy) is 1. The molecule has 1 amide bonds. The number of carbonyl (C=O) groups is 1. The lowest BCUT2D eigenvalue weighted by Crippen LogP contribution is -2.31. The highest BCUT2D eigenvalue weighted by Crippen LogP contribution is 2.23. The Kier molecular flexibility index (Phi) is 5.61. The van der Waals surface area contributed by atoms with Gasteiger partial charge in [-0.3, -0.25) is 19.3 Å². The first-order valence-corrected chi connectivity index (χ1v) is 9.70. The van der Waals surface area contributed by atoms with E-state index in [4.69, 9.17) is 4.74 Å². The van der Waals surface area contributed by atoms with Gasteiger partial charge in [0.05, 0.1) is 22.9 Å². The molecule has 8 nitrogen and oxygen atoms in total. The van der Waals surface area contributed by atoms with Crippen LogP contribution in [0.25, 0.3) is 16.9 Å². The Morgan fingerprint density at radius 3 is 2.55 bits per heavy atom. The number of aromatic nitrogens is 2. The molecule has 2 aromatic heterocycles. The molecule has 31 heavy (non-hydrogen) atoms. The molecule has 2 heterocycles. The molecule has 2 aromatic carbocycles. The van der Waals surface area contributed by atoms with Crippen LogP contribution in [0.5, 0.6) is 5.75 Å². The highest BCUT2D eigenvalue weighted by molar-refractivity contribution is 5.78. The van der Waals surface area contributed by atoms with Crippen molar-refractivity contribution in [1.29, 1.82) is 0 Å². The van der Waals surface area contributed by atoms with Crippen molar-refractivity contribution in [2.75, 3.05) is 6.61 Å². The van der Waals surface area contributed by atoms with Gasteiger partial charge in [0.1, 0.15) is 11.4 Å². The van der Waals surface area contributed by atoms with Gasteiger partial charge < -0.3 is 10.1 Å². The van der Waals surface area contributed by atoms with Gasteiger partial charge in [-0.05, 0) is 42.8 Å². The third kappa shape index (κ3) is 4.69. The van der Waals surface area contributed by atoms with Gasteiger partial charge in [0.25, 0.3) is 11.6 Å². The Labute approximate surface area is 178 Å². The molecule has 0 radical (unpaired) electrons. The van der Waals surface area contributed by atoms with Gasteiger partial charge in [0, 0.05) is 17.8 Å². The number of hydrogen-bond donors (Lipinski definition) is 1. The van der Waals surface area contributed by atoms with Gasteiger partial charge in [0.15, 0.2) is 6.61 Å². The number of benzene rings is 2. The van der Waals surface area contributed by atoms with Gasteiger partial charge in [-0.2, -0.15) is 0 Å². The van der Waals surface area contributed by atoms with Crippen molar-refractivity contribution < 1.29 is 14.5 Å². The quantitative estimate of drug-likeness (QED) is 0.360. The van der Waals surface area contributed by atoms with Crippen LogP contribution in [0.4, 0.5) is 5.69 Å². The predicted octanol–water partition coefficient (Wildman–Crippen LogP) is 4.17. The van der Waals surface area contributed by atoms with Crippen molar-refractivity contribution in [1.82, 2.24) is 14.7 Å². The zero-order valence-corrected chi connectivity index (χ0v) is 16.8. The molecule has 0 bridgehead atoms. The molecule has 0 spiro atoms. The molecule has 4 aromatic rings. The predicted molar refractivity (Wildman–Crippen MR) is 116 cm³/mol. The van der Waals surface area contributed by atoms with Crippen LogP contribution < -0.4 is 10.1 Å². The first-order chi connectivity index (χ1) is 15.0. The smallest absolute Gasteiger partial charge is 0.286 e. The second-order valence-corrected chi connectivity index (χ2v) is 7.05. The van der Waals surface area contributed by atoms with Crippen LogP contribution in [0, 0.1) is 10.1 Å². The number of nitro groups is 1. The number of hydrogen-bond acceptors (Lipinski definition) is 5. The maximum Gasteiger partial charge on any atom is 0.286 e. The summed E-state index contributed by atoms with van der Waals surface area (Å²) < 4.78 is 7.20. The number of amides is 1. The Bertz CT molecular complexity index is 1220. The van der Waals surface area contributed by atoms with E-state index in [9.17, 15) is 14.9 Å². The normalized spacial score (nSPS) is 11.8. The van der Waals surface area contributed by atoms with Crippen molar-refractivity contribution in [2.24, 2.45) is 0 Å². The number of nitrogens with zero attached hydrogens (tertiary/aromatic N) is 3. The Morgan fingerprint density at radius 1 is 1.10 bits per heavy atom. The van der Waals surface area contributed by atoms with Gasteiger partial charge in [-0.15, -0.1) is 0 Å². The average molecular weight is 416 g/mol. The molecule has 0 fully saturated rings. The maximum absolute atomic E-state index is 12.2. The Morgan fingerprint density at radius 2 is 1.84 bits per heavy atom. The molecule has 0 saturated carbocycles. The summed E-state index contributed by atoms with van der Waals surface area (Å²) in [6.07, 6.45) is 3.16. The number of imidazole rings is 1.